The average Bonchev–Trinajstić information content (AvgIpc) is 2.97. The molecule has 2 rings (SSSR count). The van der Waals surface area contributed by atoms with E-state index < -0.39 is 5.97 Å². The summed E-state index contributed by atoms with van der Waals surface area (Å²) in [4.78, 5) is 36.4. The number of carbonyl (C=O) groups excluding carboxylic acids is 2. The molecule has 21 heavy (non-hydrogen) atoms. The summed E-state index contributed by atoms with van der Waals surface area (Å²) in [5, 5.41) is 9.15. The Bertz CT molecular complexity index is 550. The molecule has 0 aromatic carbocycles. The van der Waals surface area contributed by atoms with Crippen LogP contribution in [0.1, 0.15) is 40.7 Å². The number of hydrogen-bond donors (Lipinski definition) is 1. The number of rotatable bonds is 7. The van der Waals surface area contributed by atoms with Gasteiger partial charge in [-0.2, -0.15) is 0 Å². The van der Waals surface area contributed by atoms with Gasteiger partial charge < -0.3 is 9.84 Å². The molecule has 6 nitrogen and oxygen atoms in total. The maximum absolute atomic E-state index is 11.4. The van der Waals surface area contributed by atoms with Crippen LogP contribution in [0.3, 0.4) is 0 Å². The van der Waals surface area contributed by atoms with Crippen LogP contribution in [0.5, 0.6) is 5.75 Å². The van der Waals surface area contributed by atoms with Crippen molar-refractivity contribution in [3.05, 3.63) is 15.8 Å². The Morgan fingerprint density at radius 1 is 1.38 bits per heavy atom. The lowest BCUT2D eigenvalue weighted by molar-refractivity contribution is -0.138. The molecule has 2 amide bonds. The third-order valence-corrected chi connectivity index (χ3v) is 4.33. The van der Waals surface area contributed by atoms with E-state index in [-0.39, 0.29) is 42.7 Å². The standard InChI is InChI=1S/C14H17NO5S/c1-2-3-9-8-10(13(21-9)14(18)19)20-7-6-15-11(16)4-5-12(15)17/h8H,2-7H2,1H3,(H,18,19). The second kappa shape index (κ2) is 6.71. The summed E-state index contributed by atoms with van der Waals surface area (Å²) < 4.78 is 5.47. The molecule has 1 aromatic heterocycles. The summed E-state index contributed by atoms with van der Waals surface area (Å²) >= 11 is 1.20. The van der Waals surface area contributed by atoms with Crippen LogP contribution in [-0.4, -0.2) is 40.9 Å². The lowest BCUT2D eigenvalue weighted by atomic mass is 10.3. The molecule has 0 bridgehead atoms. The van der Waals surface area contributed by atoms with Crippen molar-refractivity contribution in [3.8, 4) is 5.75 Å². The third-order valence-electron chi connectivity index (χ3n) is 3.17. The fraction of sp³-hybridized carbons (Fsp3) is 0.500. The van der Waals surface area contributed by atoms with Crippen molar-refractivity contribution in [3.63, 3.8) is 0 Å². The van der Waals surface area contributed by atoms with Crippen LogP contribution < -0.4 is 4.74 Å². The molecule has 7 heteroatoms. The minimum atomic E-state index is -1.02. The number of aromatic carboxylic acids is 1. The van der Waals surface area contributed by atoms with Gasteiger partial charge in [0.05, 0.1) is 6.54 Å². The number of ether oxygens (including phenoxy) is 1. The molecule has 1 saturated heterocycles. The Kier molecular flexibility index (Phi) is 4.95. The number of nitrogens with zero attached hydrogens (tertiary/aromatic N) is 1. The van der Waals surface area contributed by atoms with Crippen molar-refractivity contribution < 1.29 is 24.2 Å². The number of thiophene rings is 1. The molecular formula is C14H17NO5S. The van der Waals surface area contributed by atoms with Crippen molar-refractivity contribution >= 4 is 29.1 Å². The Morgan fingerprint density at radius 2 is 2.05 bits per heavy atom. The van der Waals surface area contributed by atoms with Crippen LogP contribution >= 0.6 is 11.3 Å². The average molecular weight is 311 g/mol. The minimum absolute atomic E-state index is 0.111. The summed E-state index contributed by atoms with van der Waals surface area (Å²) in [7, 11) is 0. The molecule has 0 saturated carbocycles. The first-order valence-electron chi connectivity index (χ1n) is 6.85. The summed E-state index contributed by atoms with van der Waals surface area (Å²) in [5.74, 6) is -1.10. The van der Waals surface area contributed by atoms with Crippen molar-refractivity contribution in [1.82, 2.24) is 4.90 Å². The monoisotopic (exact) mass is 311 g/mol. The number of carboxylic acids is 1. The molecular weight excluding hydrogens is 294 g/mol. The normalized spacial score (nSPS) is 14.8. The largest absolute Gasteiger partial charge is 0.490 e. The smallest absolute Gasteiger partial charge is 0.349 e. The van der Waals surface area contributed by atoms with Gasteiger partial charge in [0.25, 0.3) is 0 Å². The predicted molar refractivity (Wildman–Crippen MR) is 76.7 cm³/mol. The van der Waals surface area contributed by atoms with Gasteiger partial charge in [-0.15, -0.1) is 11.3 Å². The van der Waals surface area contributed by atoms with Crippen molar-refractivity contribution in [2.24, 2.45) is 0 Å². The van der Waals surface area contributed by atoms with E-state index in [1.807, 2.05) is 6.92 Å². The number of hydrogen-bond acceptors (Lipinski definition) is 5. The number of carboxylic acid groups (broad SMARTS) is 1. The molecule has 0 aliphatic carbocycles. The van der Waals surface area contributed by atoms with Crippen LogP contribution in [-0.2, 0) is 16.0 Å². The van der Waals surface area contributed by atoms with Gasteiger partial charge in [-0.1, -0.05) is 13.3 Å². The lowest BCUT2D eigenvalue weighted by Crippen LogP contribution is -2.33. The highest BCUT2D eigenvalue weighted by Crippen LogP contribution is 2.30. The molecule has 1 aromatic rings. The molecule has 1 fully saturated rings. The van der Waals surface area contributed by atoms with Gasteiger partial charge in [0.2, 0.25) is 11.8 Å². The Labute approximate surface area is 126 Å². The van der Waals surface area contributed by atoms with Gasteiger partial charge in [-0.05, 0) is 12.5 Å². The fourth-order valence-corrected chi connectivity index (χ4v) is 3.21. The first-order valence-corrected chi connectivity index (χ1v) is 7.66. The van der Waals surface area contributed by atoms with Crippen molar-refractivity contribution in [1.29, 1.82) is 0 Å². The second-order valence-corrected chi connectivity index (χ2v) is 5.89. The van der Waals surface area contributed by atoms with Crippen LogP contribution in [0.4, 0.5) is 0 Å². The lowest BCUT2D eigenvalue weighted by Gasteiger charge is -2.13. The minimum Gasteiger partial charge on any atom is -0.490 e. The Balaban J connectivity index is 1.97. The molecule has 114 valence electrons. The number of aryl methyl sites for hydroxylation is 1. The first kappa shape index (κ1) is 15.5. The molecule has 0 unspecified atom stereocenters. The van der Waals surface area contributed by atoms with Gasteiger partial charge in [0.15, 0.2) is 4.88 Å². The molecule has 0 radical (unpaired) electrons. The van der Waals surface area contributed by atoms with Gasteiger partial charge in [-0.3, -0.25) is 14.5 Å². The number of likely N-dealkylation sites (tertiary alicyclic amines) is 1. The van der Waals surface area contributed by atoms with Crippen LogP contribution in [0.2, 0.25) is 0 Å². The van der Waals surface area contributed by atoms with Crippen LogP contribution in [0.15, 0.2) is 6.07 Å². The summed E-state index contributed by atoms with van der Waals surface area (Å²) in [6.45, 7) is 2.29. The van der Waals surface area contributed by atoms with Crippen LogP contribution in [0, 0.1) is 0 Å². The van der Waals surface area contributed by atoms with E-state index in [4.69, 9.17) is 9.84 Å². The first-order chi connectivity index (χ1) is 10.0. The third kappa shape index (κ3) is 3.60. The highest BCUT2D eigenvalue weighted by molar-refractivity contribution is 7.14. The molecule has 1 aliphatic rings. The molecule has 0 atom stereocenters. The van der Waals surface area contributed by atoms with Crippen molar-refractivity contribution in [2.75, 3.05) is 13.2 Å². The molecule has 2 heterocycles. The van der Waals surface area contributed by atoms with E-state index in [2.05, 4.69) is 0 Å². The van der Waals surface area contributed by atoms with Gasteiger partial charge >= 0.3 is 5.97 Å². The highest BCUT2D eigenvalue weighted by Gasteiger charge is 2.28. The fourth-order valence-electron chi connectivity index (χ4n) is 2.17. The van der Waals surface area contributed by atoms with Crippen molar-refractivity contribution in [2.45, 2.75) is 32.6 Å². The molecule has 0 spiro atoms. The van der Waals surface area contributed by atoms with E-state index in [0.29, 0.717) is 5.75 Å². The maximum atomic E-state index is 11.4. The van der Waals surface area contributed by atoms with Gasteiger partial charge in [0.1, 0.15) is 12.4 Å². The predicted octanol–water partition coefficient (Wildman–Crippen LogP) is 1.93. The summed E-state index contributed by atoms with van der Waals surface area (Å²) in [5.41, 5.74) is 0. The molecule has 1 aliphatic heterocycles. The van der Waals surface area contributed by atoms with Gasteiger partial charge in [0, 0.05) is 17.7 Å². The van der Waals surface area contributed by atoms with E-state index in [1.165, 1.54) is 16.2 Å². The number of imide groups is 1. The Hall–Kier alpha value is -1.89. The van der Waals surface area contributed by atoms with Gasteiger partial charge in [-0.25, -0.2) is 4.79 Å². The zero-order valence-electron chi connectivity index (χ0n) is 11.8. The van der Waals surface area contributed by atoms with E-state index >= 15 is 0 Å². The van der Waals surface area contributed by atoms with E-state index in [9.17, 15) is 14.4 Å². The SMILES string of the molecule is CCCc1cc(OCCN2C(=O)CCC2=O)c(C(=O)O)s1. The molecule has 1 N–H and O–H groups in total. The van der Waals surface area contributed by atoms with E-state index in [1.54, 1.807) is 6.07 Å². The maximum Gasteiger partial charge on any atom is 0.349 e. The highest BCUT2D eigenvalue weighted by atomic mass is 32.1. The van der Waals surface area contributed by atoms with Crippen LogP contribution in [0.25, 0.3) is 0 Å². The van der Waals surface area contributed by atoms with E-state index in [0.717, 1.165) is 17.7 Å². The quantitative estimate of drug-likeness (QED) is 0.778. The number of carbonyl (C=O) groups is 3. The zero-order chi connectivity index (χ0) is 15.4. The number of amides is 2. The Morgan fingerprint density at radius 3 is 2.62 bits per heavy atom. The topological polar surface area (TPSA) is 83.9 Å². The zero-order valence-corrected chi connectivity index (χ0v) is 12.6. The summed E-state index contributed by atoms with van der Waals surface area (Å²) in [6, 6.07) is 1.73. The summed E-state index contributed by atoms with van der Waals surface area (Å²) in [6.07, 6.45) is 2.23. The second-order valence-electron chi connectivity index (χ2n) is 4.75.